The van der Waals surface area contributed by atoms with Crippen LogP contribution in [-0.4, -0.2) is 17.9 Å². The Morgan fingerprint density at radius 3 is 3.11 bits per heavy atom. The lowest BCUT2D eigenvalue weighted by Crippen LogP contribution is -2.17. The second kappa shape index (κ2) is 2.30. The summed E-state index contributed by atoms with van der Waals surface area (Å²) in [5.74, 6) is -0.211. The van der Waals surface area contributed by atoms with Gasteiger partial charge < -0.3 is 9.73 Å². The van der Waals surface area contributed by atoms with E-state index in [4.69, 9.17) is 0 Å². The highest BCUT2D eigenvalue weighted by Crippen LogP contribution is 1.91. The van der Waals surface area contributed by atoms with Gasteiger partial charge in [0, 0.05) is 7.05 Å². The van der Waals surface area contributed by atoms with Crippen LogP contribution in [0.1, 0.15) is 10.7 Å². The number of amides is 1. The fourth-order valence-corrected chi connectivity index (χ4v) is 0.443. The molecule has 4 heteroatoms. The first-order chi connectivity index (χ1) is 4.34. The van der Waals surface area contributed by atoms with Crippen LogP contribution >= 0.6 is 0 Å². The molecule has 0 aliphatic rings. The Labute approximate surface area is 51.9 Å². The minimum Gasteiger partial charge on any atom is -0.441 e. The summed E-state index contributed by atoms with van der Waals surface area (Å²) in [4.78, 5) is 14.2. The Morgan fingerprint density at radius 2 is 2.67 bits per heavy atom. The smallest absolute Gasteiger partial charge is 0.306 e. The van der Waals surface area contributed by atoms with Crippen LogP contribution in [-0.2, 0) is 0 Å². The summed E-state index contributed by atoms with van der Waals surface area (Å²) >= 11 is 0. The van der Waals surface area contributed by atoms with Crippen molar-refractivity contribution in [3.63, 3.8) is 0 Å². The Bertz CT molecular complexity index is 193. The van der Waals surface area contributed by atoms with Crippen LogP contribution in [0.3, 0.4) is 0 Å². The largest absolute Gasteiger partial charge is 0.441 e. The fraction of sp³-hybridized carbons (Fsp3) is 0.200. The molecule has 0 unspecified atom stereocenters. The molecule has 0 bridgehead atoms. The summed E-state index contributed by atoms with van der Waals surface area (Å²) in [6.07, 6.45) is 2.77. The molecule has 0 atom stereocenters. The van der Waals surface area contributed by atoms with E-state index in [2.05, 4.69) is 14.7 Å². The second-order valence-electron chi connectivity index (χ2n) is 1.42. The van der Waals surface area contributed by atoms with Gasteiger partial charge in [-0.15, -0.1) is 0 Å². The first kappa shape index (κ1) is 5.81. The van der Waals surface area contributed by atoms with Gasteiger partial charge in [0.2, 0.25) is 0 Å². The number of rotatable bonds is 1. The highest BCUT2D eigenvalue weighted by atomic mass is 16.3. The van der Waals surface area contributed by atoms with Gasteiger partial charge in [0.15, 0.2) is 0 Å². The second-order valence-corrected chi connectivity index (χ2v) is 1.42. The van der Waals surface area contributed by atoms with Crippen molar-refractivity contribution in [1.29, 1.82) is 0 Å². The molecule has 0 fully saturated rings. The zero-order valence-corrected chi connectivity index (χ0v) is 4.92. The number of hydrogen-bond acceptors (Lipinski definition) is 3. The first-order valence-electron chi connectivity index (χ1n) is 2.46. The Hall–Kier alpha value is -1.32. The topological polar surface area (TPSA) is 55.1 Å². The molecule has 1 aromatic rings. The van der Waals surface area contributed by atoms with E-state index in [9.17, 15) is 4.79 Å². The summed E-state index contributed by atoms with van der Waals surface area (Å²) in [5, 5.41) is 2.37. The zero-order chi connectivity index (χ0) is 6.69. The quantitative estimate of drug-likeness (QED) is 0.577. The molecule has 0 aromatic carbocycles. The van der Waals surface area contributed by atoms with Crippen molar-refractivity contribution >= 4 is 5.91 Å². The van der Waals surface area contributed by atoms with Gasteiger partial charge in [0.25, 0.3) is 5.89 Å². The Morgan fingerprint density at radius 1 is 1.89 bits per heavy atom. The number of carbonyl (C=O) groups is 1. The highest BCUT2D eigenvalue weighted by molar-refractivity contribution is 5.89. The van der Waals surface area contributed by atoms with Crippen LogP contribution in [0.5, 0.6) is 0 Å². The molecule has 9 heavy (non-hydrogen) atoms. The standard InChI is InChI=1S/C5H6N2O2/c1-6-4(8)5-7-2-3-9-5/h2-3H,1H3,(H,6,8). The van der Waals surface area contributed by atoms with Gasteiger partial charge in [-0.3, -0.25) is 4.79 Å². The van der Waals surface area contributed by atoms with Gasteiger partial charge in [-0.1, -0.05) is 0 Å². The van der Waals surface area contributed by atoms with E-state index in [1.807, 2.05) is 0 Å². The van der Waals surface area contributed by atoms with Crippen LogP contribution in [0.4, 0.5) is 0 Å². The molecule has 0 aliphatic carbocycles. The van der Waals surface area contributed by atoms with Gasteiger partial charge in [-0.05, 0) is 0 Å². The maximum atomic E-state index is 10.6. The molecule has 48 valence electrons. The van der Waals surface area contributed by atoms with Crippen molar-refractivity contribution in [2.75, 3.05) is 7.05 Å². The van der Waals surface area contributed by atoms with Gasteiger partial charge in [-0.2, -0.15) is 0 Å². The lowest BCUT2D eigenvalue weighted by atomic mass is 10.6. The van der Waals surface area contributed by atoms with Crippen molar-refractivity contribution < 1.29 is 9.21 Å². The number of hydrogen-bond donors (Lipinski definition) is 1. The third kappa shape index (κ3) is 1.07. The molecule has 1 aromatic heterocycles. The molecular weight excluding hydrogens is 120 g/mol. The van der Waals surface area contributed by atoms with Gasteiger partial charge >= 0.3 is 5.91 Å². The Kier molecular flexibility index (Phi) is 1.48. The fourth-order valence-electron chi connectivity index (χ4n) is 0.443. The first-order valence-corrected chi connectivity index (χ1v) is 2.46. The van der Waals surface area contributed by atoms with Crippen LogP contribution in [0.25, 0.3) is 0 Å². The van der Waals surface area contributed by atoms with Gasteiger partial charge in [0.05, 0.1) is 6.20 Å². The minimum atomic E-state index is -0.306. The molecule has 0 radical (unpaired) electrons. The lowest BCUT2D eigenvalue weighted by Gasteiger charge is -1.88. The molecule has 1 rings (SSSR count). The van der Waals surface area contributed by atoms with Crippen molar-refractivity contribution in [2.24, 2.45) is 0 Å². The zero-order valence-electron chi connectivity index (χ0n) is 4.92. The van der Waals surface area contributed by atoms with E-state index in [0.717, 1.165) is 0 Å². The number of oxazole rings is 1. The van der Waals surface area contributed by atoms with E-state index in [0.29, 0.717) is 0 Å². The SMILES string of the molecule is CNC(=O)c1ncco1. The molecular formula is C5H6N2O2. The Balaban J connectivity index is 2.77. The summed E-state index contributed by atoms with van der Waals surface area (Å²) in [6.45, 7) is 0. The molecule has 0 saturated heterocycles. The van der Waals surface area contributed by atoms with Crippen LogP contribution in [0.2, 0.25) is 0 Å². The van der Waals surface area contributed by atoms with Crippen molar-refractivity contribution in [3.8, 4) is 0 Å². The molecule has 1 amide bonds. The normalized spacial score (nSPS) is 9.00. The predicted octanol–water partition coefficient (Wildman–Crippen LogP) is 0.0342. The van der Waals surface area contributed by atoms with Crippen molar-refractivity contribution in [2.45, 2.75) is 0 Å². The number of nitrogens with one attached hydrogen (secondary N) is 1. The lowest BCUT2D eigenvalue weighted by molar-refractivity contribution is 0.0929. The van der Waals surface area contributed by atoms with E-state index < -0.39 is 0 Å². The predicted molar refractivity (Wildman–Crippen MR) is 29.9 cm³/mol. The average molecular weight is 126 g/mol. The molecule has 4 nitrogen and oxygen atoms in total. The number of nitrogens with zero attached hydrogens (tertiary/aromatic N) is 1. The van der Waals surface area contributed by atoms with E-state index >= 15 is 0 Å². The summed E-state index contributed by atoms with van der Waals surface area (Å²) in [6, 6.07) is 0. The minimum absolute atomic E-state index is 0.0949. The molecule has 1 heterocycles. The van der Waals surface area contributed by atoms with E-state index in [1.54, 1.807) is 0 Å². The molecule has 0 aliphatic heterocycles. The number of aromatic nitrogens is 1. The maximum Gasteiger partial charge on any atom is 0.306 e. The summed E-state index contributed by atoms with van der Waals surface area (Å²) < 4.78 is 4.66. The summed E-state index contributed by atoms with van der Waals surface area (Å²) in [5.41, 5.74) is 0. The number of carbonyl (C=O) groups excluding carboxylic acids is 1. The molecule has 1 N–H and O–H groups in total. The van der Waals surface area contributed by atoms with Crippen LogP contribution in [0, 0.1) is 0 Å². The summed E-state index contributed by atoms with van der Waals surface area (Å²) in [7, 11) is 1.52. The monoisotopic (exact) mass is 126 g/mol. The van der Waals surface area contributed by atoms with Crippen molar-refractivity contribution in [3.05, 3.63) is 18.4 Å². The van der Waals surface area contributed by atoms with Crippen molar-refractivity contribution in [1.82, 2.24) is 10.3 Å². The highest BCUT2D eigenvalue weighted by Gasteiger charge is 2.05. The van der Waals surface area contributed by atoms with Crippen LogP contribution < -0.4 is 5.32 Å². The van der Waals surface area contributed by atoms with E-state index in [1.165, 1.54) is 19.5 Å². The molecule has 0 spiro atoms. The third-order valence-corrected chi connectivity index (χ3v) is 0.854. The molecule has 0 saturated carbocycles. The van der Waals surface area contributed by atoms with Crippen LogP contribution in [0.15, 0.2) is 16.9 Å². The van der Waals surface area contributed by atoms with Gasteiger partial charge in [-0.25, -0.2) is 4.98 Å². The van der Waals surface area contributed by atoms with Gasteiger partial charge in [0.1, 0.15) is 6.26 Å². The van der Waals surface area contributed by atoms with E-state index in [-0.39, 0.29) is 11.8 Å². The third-order valence-electron chi connectivity index (χ3n) is 0.854. The average Bonchev–Trinajstić information content (AvgIpc) is 2.37. The maximum absolute atomic E-state index is 10.6.